The molecule has 0 aromatic heterocycles. The van der Waals surface area contributed by atoms with Crippen molar-refractivity contribution in [3.05, 3.63) is 77.4 Å². The van der Waals surface area contributed by atoms with Crippen LogP contribution in [0.1, 0.15) is 33.8 Å². The van der Waals surface area contributed by atoms with Crippen LogP contribution in [-0.2, 0) is 6.54 Å². The summed E-state index contributed by atoms with van der Waals surface area (Å²) in [5.74, 6) is -1.28. The Morgan fingerprint density at radius 2 is 1.82 bits per heavy atom. The van der Waals surface area contributed by atoms with Gasteiger partial charge in [0.1, 0.15) is 11.3 Å². The molecule has 0 saturated carbocycles. The molecule has 28 heavy (non-hydrogen) atoms. The number of nitrogens with zero attached hydrogens (tertiary/aromatic N) is 1. The Labute approximate surface area is 163 Å². The van der Waals surface area contributed by atoms with Gasteiger partial charge in [0.2, 0.25) is 0 Å². The molecule has 1 heterocycles. The van der Waals surface area contributed by atoms with Crippen LogP contribution in [-0.4, -0.2) is 45.4 Å². The van der Waals surface area contributed by atoms with Crippen molar-refractivity contribution in [3.8, 4) is 5.75 Å². The maximum atomic E-state index is 11.2. The molecule has 144 valence electrons. The molecule has 3 N–H and O–H groups in total. The van der Waals surface area contributed by atoms with Crippen molar-refractivity contribution in [1.29, 1.82) is 0 Å². The van der Waals surface area contributed by atoms with Crippen LogP contribution in [0.5, 0.6) is 5.75 Å². The van der Waals surface area contributed by atoms with Crippen LogP contribution in [0.15, 0.2) is 60.7 Å². The highest BCUT2D eigenvalue weighted by Gasteiger charge is 2.29. The molecule has 0 spiro atoms. The number of β-amino-alcohol motifs (C(OH)–C–C–N with tert-alkyl or cyclic N) is 1. The van der Waals surface area contributed by atoms with Gasteiger partial charge in [0, 0.05) is 19.0 Å². The van der Waals surface area contributed by atoms with Gasteiger partial charge in [-0.3, -0.25) is 4.90 Å². The lowest BCUT2D eigenvalue weighted by Gasteiger charge is -2.36. The van der Waals surface area contributed by atoms with Crippen LogP contribution in [0, 0.1) is 0 Å². The summed E-state index contributed by atoms with van der Waals surface area (Å²) in [5, 5.41) is 31.9. The number of piperidine rings is 1. The molecule has 1 aliphatic rings. The number of carboxylic acid groups (broad SMARTS) is 1. The van der Waals surface area contributed by atoms with Crippen molar-refractivity contribution in [2.45, 2.75) is 25.0 Å². The number of phenols is 1. The summed E-state index contributed by atoms with van der Waals surface area (Å²) < 4.78 is 0. The zero-order chi connectivity index (χ0) is 19.7. The number of likely N-dealkylation sites (tertiary alicyclic amines) is 1. The van der Waals surface area contributed by atoms with E-state index in [1.807, 2.05) is 12.1 Å². The van der Waals surface area contributed by atoms with Gasteiger partial charge in [-0.1, -0.05) is 48.5 Å². The number of carbonyl (C=O) groups is 1. The van der Waals surface area contributed by atoms with E-state index in [1.165, 1.54) is 22.9 Å². The lowest BCUT2D eigenvalue weighted by molar-refractivity contribution is 0.0476. The van der Waals surface area contributed by atoms with Crippen LogP contribution in [0.4, 0.5) is 0 Å². The fraction of sp³-hybridized carbons (Fsp3) is 0.261. The Bertz CT molecular complexity index is 1020. The van der Waals surface area contributed by atoms with Gasteiger partial charge >= 0.3 is 5.97 Å². The number of carboxylic acids is 1. The number of aromatic hydroxyl groups is 1. The molecule has 2 atom stereocenters. The first-order valence-electron chi connectivity index (χ1n) is 9.45. The second-order valence-corrected chi connectivity index (χ2v) is 7.46. The van der Waals surface area contributed by atoms with Gasteiger partial charge in [-0.25, -0.2) is 4.79 Å². The smallest absolute Gasteiger partial charge is 0.339 e. The van der Waals surface area contributed by atoms with Crippen LogP contribution < -0.4 is 0 Å². The first-order valence-corrected chi connectivity index (χ1v) is 9.45. The molecule has 0 bridgehead atoms. The standard InChI is InChI=1S/C23H23NO4/c25-21-8-5-15(11-20(21)23(27)28)13-24-10-9-19(22(26)14-24)18-7-6-16-3-1-2-4-17(16)12-18/h1-8,11-12,19,22,25-26H,9-10,13-14H2,(H,27,28)/t19-,22+/m0/s1. The molecule has 1 aliphatic heterocycles. The number of aliphatic hydroxyl groups excluding tert-OH is 1. The van der Waals surface area contributed by atoms with Crippen molar-refractivity contribution in [3.63, 3.8) is 0 Å². The maximum Gasteiger partial charge on any atom is 0.339 e. The van der Waals surface area contributed by atoms with Crippen LogP contribution >= 0.6 is 0 Å². The summed E-state index contributed by atoms with van der Waals surface area (Å²) in [6, 6.07) is 19.2. The quantitative estimate of drug-likeness (QED) is 0.647. The number of hydrogen-bond donors (Lipinski definition) is 3. The number of aliphatic hydroxyl groups is 1. The van der Waals surface area contributed by atoms with E-state index in [0.29, 0.717) is 13.1 Å². The Morgan fingerprint density at radius 3 is 2.57 bits per heavy atom. The Hall–Kier alpha value is -2.89. The van der Waals surface area contributed by atoms with Crippen molar-refractivity contribution in [1.82, 2.24) is 4.90 Å². The third-order valence-corrected chi connectivity index (χ3v) is 5.57. The molecule has 1 fully saturated rings. The van der Waals surface area contributed by atoms with E-state index in [9.17, 15) is 15.0 Å². The van der Waals surface area contributed by atoms with Gasteiger partial charge in [0.15, 0.2) is 0 Å². The predicted molar refractivity (Wildman–Crippen MR) is 108 cm³/mol. The van der Waals surface area contributed by atoms with E-state index in [-0.39, 0.29) is 17.2 Å². The second kappa shape index (κ2) is 7.62. The van der Waals surface area contributed by atoms with E-state index < -0.39 is 12.1 Å². The van der Waals surface area contributed by atoms with E-state index in [2.05, 4.69) is 35.2 Å². The molecule has 0 radical (unpaired) electrons. The van der Waals surface area contributed by atoms with E-state index in [1.54, 1.807) is 6.07 Å². The summed E-state index contributed by atoms with van der Waals surface area (Å²) in [5.41, 5.74) is 1.87. The van der Waals surface area contributed by atoms with Crippen LogP contribution in [0.3, 0.4) is 0 Å². The molecule has 5 heteroatoms. The second-order valence-electron chi connectivity index (χ2n) is 7.46. The minimum absolute atomic E-state index is 0.0928. The first-order chi connectivity index (χ1) is 13.5. The van der Waals surface area contributed by atoms with Crippen molar-refractivity contribution in [2.75, 3.05) is 13.1 Å². The number of benzene rings is 3. The zero-order valence-corrected chi connectivity index (χ0v) is 15.5. The zero-order valence-electron chi connectivity index (χ0n) is 15.5. The van der Waals surface area contributed by atoms with Crippen molar-refractivity contribution >= 4 is 16.7 Å². The monoisotopic (exact) mass is 377 g/mol. The Morgan fingerprint density at radius 1 is 1.04 bits per heavy atom. The molecule has 3 aromatic carbocycles. The summed E-state index contributed by atoms with van der Waals surface area (Å²) in [7, 11) is 0. The fourth-order valence-electron chi connectivity index (χ4n) is 4.08. The van der Waals surface area contributed by atoms with E-state index in [0.717, 1.165) is 24.1 Å². The topological polar surface area (TPSA) is 81.0 Å². The summed E-state index contributed by atoms with van der Waals surface area (Å²) >= 11 is 0. The van der Waals surface area contributed by atoms with Crippen molar-refractivity contribution in [2.24, 2.45) is 0 Å². The fourth-order valence-corrected chi connectivity index (χ4v) is 4.08. The highest BCUT2D eigenvalue weighted by molar-refractivity contribution is 5.90. The predicted octanol–water partition coefficient (Wildman–Crippen LogP) is 3.59. The van der Waals surface area contributed by atoms with Gasteiger partial charge in [-0.05, 0) is 47.0 Å². The highest BCUT2D eigenvalue weighted by atomic mass is 16.4. The summed E-state index contributed by atoms with van der Waals surface area (Å²) in [4.78, 5) is 13.3. The summed E-state index contributed by atoms with van der Waals surface area (Å²) in [6.45, 7) is 1.89. The number of fused-ring (bicyclic) bond motifs is 1. The van der Waals surface area contributed by atoms with Gasteiger partial charge in [-0.15, -0.1) is 0 Å². The molecule has 0 amide bonds. The van der Waals surface area contributed by atoms with Crippen LogP contribution in [0.25, 0.3) is 10.8 Å². The molecular formula is C23H23NO4. The Kier molecular flexibility index (Phi) is 5.03. The van der Waals surface area contributed by atoms with Crippen molar-refractivity contribution < 1.29 is 20.1 Å². The van der Waals surface area contributed by atoms with Gasteiger partial charge in [0.05, 0.1) is 6.10 Å². The molecule has 5 nitrogen and oxygen atoms in total. The maximum absolute atomic E-state index is 11.2. The van der Waals surface area contributed by atoms with Gasteiger partial charge in [0.25, 0.3) is 0 Å². The Balaban J connectivity index is 1.46. The normalized spacial score (nSPS) is 20.3. The lowest BCUT2D eigenvalue weighted by Crippen LogP contribution is -2.42. The molecule has 4 rings (SSSR count). The lowest BCUT2D eigenvalue weighted by atomic mass is 9.86. The molecular weight excluding hydrogens is 354 g/mol. The minimum Gasteiger partial charge on any atom is -0.507 e. The van der Waals surface area contributed by atoms with Gasteiger partial charge in [-0.2, -0.15) is 0 Å². The molecule has 0 aliphatic carbocycles. The SMILES string of the molecule is O=C(O)c1cc(CN2CC[C@@H](c3ccc4ccccc4c3)[C@H](O)C2)ccc1O. The third kappa shape index (κ3) is 3.72. The molecule has 3 aromatic rings. The minimum atomic E-state index is -1.14. The third-order valence-electron chi connectivity index (χ3n) is 5.57. The van der Waals surface area contributed by atoms with E-state index in [4.69, 9.17) is 5.11 Å². The summed E-state index contributed by atoms with van der Waals surface area (Å²) in [6.07, 6.45) is 0.356. The average molecular weight is 377 g/mol. The number of hydrogen-bond acceptors (Lipinski definition) is 4. The van der Waals surface area contributed by atoms with Gasteiger partial charge < -0.3 is 15.3 Å². The highest BCUT2D eigenvalue weighted by Crippen LogP contribution is 2.31. The largest absolute Gasteiger partial charge is 0.507 e. The molecule has 1 saturated heterocycles. The van der Waals surface area contributed by atoms with E-state index >= 15 is 0 Å². The number of aromatic carboxylic acids is 1. The molecule has 0 unspecified atom stereocenters. The first kappa shape index (κ1) is 18.5. The van der Waals surface area contributed by atoms with Crippen LogP contribution in [0.2, 0.25) is 0 Å². The average Bonchev–Trinajstić information content (AvgIpc) is 2.69. The number of rotatable bonds is 4.